The molecule has 0 bridgehead atoms. The van der Waals surface area contributed by atoms with Gasteiger partial charge in [0, 0.05) is 31.0 Å². The van der Waals surface area contributed by atoms with Gasteiger partial charge >= 0.3 is 0 Å². The summed E-state index contributed by atoms with van der Waals surface area (Å²) in [6, 6.07) is 7.90. The Morgan fingerprint density at radius 1 is 1.42 bits per heavy atom. The van der Waals surface area contributed by atoms with E-state index in [0.717, 1.165) is 30.0 Å². The molecule has 0 saturated heterocycles. The molecule has 1 aliphatic heterocycles. The zero-order valence-corrected chi connectivity index (χ0v) is 11.7. The maximum atomic E-state index is 12.0. The van der Waals surface area contributed by atoms with E-state index in [-0.39, 0.29) is 18.6 Å². The standard InChI is InChI=1S/C14H20N2O2S/c17-7-3-8-19-9-6-15-14(18)13-10-11-4-1-2-5-12(11)16-13/h1-2,4-5,13,16-17H,3,6-10H2,(H,15,18). The van der Waals surface area contributed by atoms with Gasteiger partial charge in [0.05, 0.1) is 0 Å². The second-order valence-electron chi connectivity index (χ2n) is 4.54. The Balaban J connectivity index is 1.66. The number of nitrogens with one attached hydrogen (secondary N) is 2. The van der Waals surface area contributed by atoms with Crippen LogP contribution < -0.4 is 10.6 Å². The number of benzene rings is 1. The van der Waals surface area contributed by atoms with Crippen molar-refractivity contribution in [3.8, 4) is 0 Å². The van der Waals surface area contributed by atoms with Gasteiger partial charge in [-0.3, -0.25) is 4.79 Å². The summed E-state index contributed by atoms with van der Waals surface area (Å²) in [4.78, 5) is 12.0. The van der Waals surface area contributed by atoms with Crippen molar-refractivity contribution in [2.24, 2.45) is 0 Å². The van der Waals surface area contributed by atoms with E-state index in [1.165, 1.54) is 5.56 Å². The molecule has 104 valence electrons. The molecule has 1 atom stereocenters. The summed E-state index contributed by atoms with van der Waals surface area (Å²) >= 11 is 1.75. The lowest BCUT2D eigenvalue weighted by atomic mass is 10.1. The Morgan fingerprint density at radius 3 is 3.05 bits per heavy atom. The van der Waals surface area contributed by atoms with Crippen LogP contribution in [0.25, 0.3) is 0 Å². The lowest BCUT2D eigenvalue weighted by Gasteiger charge is -2.11. The van der Waals surface area contributed by atoms with Gasteiger partial charge in [-0.1, -0.05) is 18.2 Å². The summed E-state index contributed by atoms with van der Waals surface area (Å²) in [7, 11) is 0. The van der Waals surface area contributed by atoms with E-state index < -0.39 is 0 Å². The zero-order chi connectivity index (χ0) is 13.5. The van der Waals surface area contributed by atoms with Gasteiger partial charge in [0.15, 0.2) is 0 Å². The first kappa shape index (κ1) is 14.2. The minimum absolute atomic E-state index is 0.0685. The Hall–Kier alpha value is -1.20. The number of aliphatic hydroxyl groups excluding tert-OH is 1. The molecule has 1 aromatic rings. The lowest BCUT2D eigenvalue weighted by molar-refractivity contribution is -0.121. The first-order chi connectivity index (χ1) is 9.31. The van der Waals surface area contributed by atoms with Crippen LogP contribution in [-0.4, -0.2) is 41.7 Å². The van der Waals surface area contributed by atoms with Gasteiger partial charge in [-0.2, -0.15) is 11.8 Å². The normalized spacial score (nSPS) is 16.8. The summed E-state index contributed by atoms with van der Waals surface area (Å²) in [5, 5.41) is 14.8. The third-order valence-electron chi connectivity index (χ3n) is 3.08. The molecule has 1 heterocycles. The maximum absolute atomic E-state index is 12.0. The number of aliphatic hydroxyl groups is 1. The van der Waals surface area contributed by atoms with E-state index in [4.69, 9.17) is 5.11 Å². The van der Waals surface area contributed by atoms with Gasteiger partial charge in [0.1, 0.15) is 6.04 Å². The SMILES string of the molecule is O=C(NCCSCCCO)C1Cc2ccccc2N1. The lowest BCUT2D eigenvalue weighted by Crippen LogP contribution is -2.39. The van der Waals surface area contributed by atoms with Crippen LogP contribution in [0.2, 0.25) is 0 Å². The molecule has 19 heavy (non-hydrogen) atoms. The highest BCUT2D eigenvalue weighted by molar-refractivity contribution is 7.99. The van der Waals surface area contributed by atoms with Gasteiger partial charge in [-0.25, -0.2) is 0 Å². The number of anilines is 1. The molecule has 5 heteroatoms. The molecular weight excluding hydrogens is 260 g/mol. The molecule has 1 aliphatic rings. The summed E-state index contributed by atoms with van der Waals surface area (Å²) in [6.45, 7) is 0.924. The van der Waals surface area contributed by atoms with Crippen LogP contribution in [0.3, 0.4) is 0 Å². The number of fused-ring (bicyclic) bond motifs is 1. The number of rotatable bonds is 7. The minimum Gasteiger partial charge on any atom is -0.396 e. The monoisotopic (exact) mass is 280 g/mol. The number of para-hydroxylation sites is 1. The molecule has 1 aromatic carbocycles. The first-order valence-corrected chi connectivity index (χ1v) is 7.77. The highest BCUT2D eigenvalue weighted by atomic mass is 32.2. The number of hydrogen-bond donors (Lipinski definition) is 3. The van der Waals surface area contributed by atoms with Crippen LogP contribution in [0.4, 0.5) is 5.69 Å². The van der Waals surface area contributed by atoms with Crippen LogP contribution >= 0.6 is 11.8 Å². The first-order valence-electron chi connectivity index (χ1n) is 6.62. The molecule has 1 amide bonds. The third-order valence-corrected chi connectivity index (χ3v) is 4.15. The number of carbonyl (C=O) groups excluding carboxylic acids is 1. The van der Waals surface area contributed by atoms with Gasteiger partial charge in [-0.15, -0.1) is 0 Å². The molecule has 0 aliphatic carbocycles. The van der Waals surface area contributed by atoms with Gasteiger partial charge in [-0.05, 0) is 23.8 Å². The number of amides is 1. The molecule has 4 nitrogen and oxygen atoms in total. The van der Waals surface area contributed by atoms with E-state index in [0.29, 0.717) is 6.54 Å². The minimum atomic E-state index is -0.139. The second-order valence-corrected chi connectivity index (χ2v) is 5.76. The predicted octanol–water partition coefficient (Wildman–Crippen LogP) is 1.25. The van der Waals surface area contributed by atoms with Crippen molar-refractivity contribution in [2.45, 2.75) is 18.9 Å². The number of hydrogen-bond acceptors (Lipinski definition) is 4. The molecule has 0 saturated carbocycles. The summed E-state index contributed by atoms with van der Waals surface area (Å²) < 4.78 is 0. The van der Waals surface area contributed by atoms with E-state index in [1.807, 2.05) is 18.2 Å². The van der Waals surface area contributed by atoms with Crippen LogP contribution in [0.1, 0.15) is 12.0 Å². The Labute approximate surface area is 118 Å². The molecule has 0 radical (unpaired) electrons. The summed E-state index contributed by atoms with van der Waals surface area (Å²) in [5.41, 5.74) is 2.28. The fraction of sp³-hybridized carbons (Fsp3) is 0.500. The average Bonchev–Trinajstić information content (AvgIpc) is 2.86. The van der Waals surface area contributed by atoms with Gasteiger partial charge in [0.2, 0.25) is 5.91 Å². The molecular formula is C14H20N2O2S. The third kappa shape index (κ3) is 4.14. The number of thioether (sulfide) groups is 1. The second kappa shape index (κ2) is 7.40. The van der Waals surface area contributed by atoms with Crippen molar-refractivity contribution in [3.05, 3.63) is 29.8 Å². The van der Waals surface area contributed by atoms with Crippen molar-refractivity contribution in [2.75, 3.05) is 30.0 Å². The van der Waals surface area contributed by atoms with Crippen LogP contribution in [0, 0.1) is 0 Å². The largest absolute Gasteiger partial charge is 0.396 e. The Bertz CT molecular complexity index is 401. The van der Waals surface area contributed by atoms with Gasteiger partial charge < -0.3 is 15.7 Å². The number of carbonyl (C=O) groups is 1. The molecule has 2 rings (SSSR count). The Morgan fingerprint density at radius 2 is 2.26 bits per heavy atom. The van der Waals surface area contributed by atoms with Crippen LogP contribution in [0.5, 0.6) is 0 Å². The quantitative estimate of drug-likeness (QED) is 0.658. The van der Waals surface area contributed by atoms with E-state index in [9.17, 15) is 4.79 Å². The van der Waals surface area contributed by atoms with Crippen molar-refractivity contribution in [3.63, 3.8) is 0 Å². The summed E-state index contributed by atoms with van der Waals surface area (Å²) in [6.07, 6.45) is 1.58. The van der Waals surface area contributed by atoms with E-state index in [2.05, 4.69) is 16.7 Å². The van der Waals surface area contributed by atoms with Crippen LogP contribution in [0.15, 0.2) is 24.3 Å². The molecule has 0 spiro atoms. The van der Waals surface area contributed by atoms with Crippen molar-refractivity contribution < 1.29 is 9.90 Å². The molecule has 3 N–H and O–H groups in total. The van der Waals surface area contributed by atoms with Gasteiger partial charge in [0.25, 0.3) is 0 Å². The molecule has 0 aromatic heterocycles. The zero-order valence-electron chi connectivity index (χ0n) is 10.9. The van der Waals surface area contributed by atoms with Crippen molar-refractivity contribution in [1.29, 1.82) is 0 Å². The smallest absolute Gasteiger partial charge is 0.242 e. The highest BCUT2D eigenvalue weighted by Crippen LogP contribution is 2.24. The summed E-state index contributed by atoms with van der Waals surface area (Å²) in [5.74, 6) is 1.91. The maximum Gasteiger partial charge on any atom is 0.242 e. The van der Waals surface area contributed by atoms with Crippen molar-refractivity contribution in [1.82, 2.24) is 5.32 Å². The predicted molar refractivity (Wildman–Crippen MR) is 79.6 cm³/mol. The van der Waals surface area contributed by atoms with Crippen molar-refractivity contribution >= 4 is 23.4 Å². The fourth-order valence-corrected chi connectivity index (χ4v) is 2.88. The molecule has 1 unspecified atom stereocenters. The highest BCUT2D eigenvalue weighted by Gasteiger charge is 2.25. The molecule has 0 fully saturated rings. The van der Waals surface area contributed by atoms with E-state index >= 15 is 0 Å². The van der Waals surface area contributed by atoms with E-state index in [1.54, 1.807) is 11.8 Å². The fourth-order valence-electron chi connectivity index (χ4n) is 2.09. The average molecular weight is 280 g/mol. The topological polar surface area (TPSA) is 61.4 Å². The Kier molecular flexibility index (Phi) is 5.54. The van der Waals surface area contributed by atoms with Crippen LogP contribution in [-0.2, 0) is 11.2 Å².